The maximum absolute atomic E-state index is 12.8. The molecular formula is C20H17ClN4O3. The summed E-state index contributed by atoms with van der Waals surface area (Å²) in [7, 11) is 1.58. The first kappa shape index (κ1) is 18.1. The number of aromatic nitrogens is 2. The molecule has 142 valence electrons. The van der Waals surface area contributed by atoms with Crippen molar-refractivity contribution < 1.29 is 14.3 Å². The van der Waals surface area contributed by atoms with Crippen LogP contribution >= 0.6 is 11.6 Å². The van der Waals surface area contributed by atoms with E-state index in [1.165, 1.54) is 0 Å². The van der Waals surface area contributed by atoms with E-state index in [4.69, 9.17) is 16.3 Å². The van der Waals surface area contributed by atoms with Crippen LogP contribution in [0.25, 0.3) is 11.3 Å². The molecule has 8 heteroatoms. The van der Waals surface area contributed by atoms with E-state index in [1.54, 1.807) is 54.3 Å². The Bertz CT molecular complexity index is 1030. The molecule has 1 atom stereocenters. The van der Waals surface area contributed by atoms with Gasteiger partial charge in [0.1, 0.15) is 17.6 Å². The van der Waals surface area contributed by atoms with Crippen LogP contribution < -0.4 is 15.4 Å². The number of fused-ring (bicyclic) bond motifs is 1. The van der Waals surface area contributed by atoms with Crippen molar-refractivity contribution in [2.45, 2.75) is 12.5 Å². The van der Waals surface area contributed by atoms with Crippen LogP contribution in [-0.4, -0.2) is 28.7 Å². The number of rotatable bonds is 4. The molecule has 7 nitrogen and oxygen atoms in total. The number of ether oxygens (including phenoxy) is 1. The van der Waals surface area contributed by atoms with Gasteiger partial charge >= 0.3 is 0 Å². The van der Waals surface area contributed by atoms with Crippen LogP contribution in [-0.2, 0) is 9.59 Å². The van der Waals surface area contributed by atoms with Gasteiger partial charge in [0.15, 0.2) is 0 Å². The molecule has 2 amide bonds. The van der Waals surface area contributed by atoms with Gasteiger partial charge in [0.05, 0.1) is 19.2 Å². The first-order valence-electron chi connectivity index (χ1n) is 8.64. The van der Waals surface area contributed by atoms with Gasteiger partial charge in [-0.3, -0.25) is 9.59 Å². The molecule has 3 aromatic rings. The minimum atomic E-state index is -0.744. The third kappa shape index (κ3) is 3.57. The Labute approximate surface area is 166 Å². The Kier molecular flexibility index (Phi) is 4.75. The number of carbonyl (C=O) groups is 2. The van der Waals surface area contributed by atoms with E-state index in [9.17, 15) is 9.59 Å². The molecule has 0 saturated carbocycles. The van der Waals surface area contributed by atoms with Gasteiger partial charge in [-0.05, 0) is 36.4 Å². The van der Waals surface area contributed by atoms with Crippen LogP contribution in [0.2, 0.25) is 5.02 Å². The highest BCUT2D eigenvalue weighted by Gasteiger charge is 2.32. The number of methoxy groups -OCH3 is 1. The number of hydrogen-bond donors (Lipinski definition) is 2. The molecular weight excluding hydrogens is 380 g/mol. The fraction of sp³-hybridized carbons (Fsp3) is 0.150. The fourth-order valence-electron chi connectivity index (χ4n) is 3.05. The van der Waals surface area contributed by atoms with Gasteiger partial charge in [-0.2, -0.15) is 5.10 Å². The SMILES string of the molecule is COc1ccc(NC(=O)C2CC(=O)Nc3cc(-c4ccc(Cl)cc4)nn32)cc1. The van der Waals surface area contributed by atoms with Gasteiger partial charge in [-0.25, -0.2) is 4.68 Å². The minimum Gasteiger partial charge on any atom is -0.497 e. The number of halogens is 1. The zero-order valence-corrected chi connectivity index (χ0v) is 15.7. The molecule has 0 radical (unpaired) electrons. The molecule has 1 unspecified atom stereocenters. The molecule has 0 bridgehead atoms. The van der Waals surface area contributed by atoms with Gasteiger partial charge in [0.25, 0.3) is 0 Å². The summed E-state index contributed by atoms with van der Waals surface area (Å²) in [5, 5.41) is 10.7. The summed E-state index contributed by atoms with van der Waals surface area (Å²) < 4.78 is 6.66. The predicted molar refractivity (Wildman–Crippen MR) is 107 cm³/mol. The zero-order chi connectivity index (χ0) is 19.7. The summed E-state index contributed by atoms with van der Waals surface area (Å²) >= 11 is 5.94. The van der Waals surface area contributed by atoms with Crippen LogP contribution in [0.4, 0.5) is 11.5 Å². The quantitative estimate of drug-likeness (QED) is 0.703. The first-order chi connectivity index (χ1) is 13.5. The predicted octanol–water partition coefficient (Wildman–Crippen LogP) is 3.73. The van der Waals surface area contributed by atoms with Crippen LogP contribution in [0.1, 0.15) is 12.5 Å². The molecule has 0 spiro atoms. The highest BCUT2D eigenvalue weighted by Crippen LogP contribution is 2.30. The number of anilines is 2. The highest BCUT2D eigenvalue weighted by molar-refractivity contribution is 6.30. The summed E-state index contributed by atoms with van der Waals surface area (Å²) in [4.78, 5) is 24.9. The van der Waals surface area contributed by atoms with Crippen molar-refractivity contribution in [1.29, 1.82) is 0 Å². The third-order valence-corrected chi connectivity index (χ3v) is 4.73. The second kappa shape index (κ2) is 7.36. The second-order valence-corrected chi connectivity index (χ2v) is 6.79. The van der Waals surface area contributed by atoms with Gasteiger partial charge in [-0.15, -0.1) is 0 Å². The van der Waals surface area contributed by atoms with Gasteiger partial charge in [0, 0.05) is 22.3 Å². The molecule has 1 aliphatic heterocycles. The monoisotopic (exact) mass is 396 g/mol. The largest absolute Gasteiger partial charge is 0.497 e. The van der Waals surface area contributed by atoms with E-state index in [0.29, 0.717) is 28.0 Å². The maximum atomic E-state index is 12.8. The van der Waals surface area contributed by atoms with Crippen molar-refractivity contribution in [1.82, 2.24) is 9.78 Å². The molecule has 0 fully saturated rings. The molecule has 1 aromatic heterocycles. The van der Waals surface area contributed by atoms with Gasteiger partial charge in [0.2, 0.25) is 11.8 Å². The second-order valence-electron chi connectivity index (χ2n) is 6.35. The fourth-order valence-corrected chi connectivity index (χ4v) is 3.17. The van der Waals surface area contributed by atoms with Crippen molar-refractivity contribution in [2.24, 2.45) is 0 Å². The number of nitrogens with zero attached hydrogens (tertiary/aromatic N) is 2. The van der Waals surface area contributed by atoms with Gasteiger partial charge < -0.3 is 15.4 Å². The van der Waals surface area contributed by atoms with E-state index in [1.807, 2.05) is 12.1 Å². The number of carbonyl (C=O) groups excluding carboxylic acids is 2. The van der Waals surface area contributed by atoms with Gasteiger partial charge in [-0.1, -0.05) is 23.7 Å². The smallest absolute Gasteiger partial charge is 0.249 e. The Balaban J connectivity index is 1.61. The average molecular weight is 397 g/mol. The lowest BCUT2D eigenvalue weighted by molar-refractivity contribution is -0.125. The summed E-state index contributed by atoms with van der Waals surface area (Å²) in [5.74, 6) is 0.630. The normalized spacial score (nSPS) is 15.5. The van der Waals surface area contributed by atoms with Crippen LogP contribution in [0.3, 0.4) is 0 Å². The minimum absolute atomic E-state index is 0.0106. The maximum Gasteiger partial charge on any atom is 0.249 e. The molecule has 2 aromatic carbocycles. The van der Waals surface area contributed by atoms with Crippen LogP contribution in [0.5, 0.6) is 5.75 Å². The number of nitrogens with one attached hydrogen (secondary N) is 2. The van der Waals surface area contributed by atoms with E-state index < -0.39 is 6.04 Å². The van der Waals surface area contributed by atoms with Crippen molar-refractivity contribution in [3.63, 3.8) is 0 Å². The Morgan fingerprint density at radius 2 is 1.93 bits per heavy atom. The summed E-state index contributed by atoms with van der Waals surface area (Å²) in [6.07, 6.45) is 0.0106. The molecule has 4 rings (SSSR count). The summed E-state index contributed by atoms with van der Waals surface area (Å²) in [6.45, 7) is 0. The summed E-state index contributed by atoms with van der Waals surface area (Å²) in [5.41, 5.74) is 2.11. The summed E-state index contributed by atoms with van der Waals surface area (Å²) in [6, 6.07) is 15.2. The topological polar surface area (TPSA) is 85.2 Å². The third-order valence-electron chi connectivity index (χ3n) is 4.48. The van der Waals surface area contributed by atoms with Crippen molar-refractivity contribution in [2.75, 3.05) is 17.7 Å². The standard InChI is InChI=1S/C20H17ClN4O3/c1-28-15-8-6-14(7-9-15)22-20(27)17-11-19(26)23-18-10-16(24-25(17)18)12-2-4-13(21)5-3-12/h2-10,17H,11H2,1H3,(H,22,27)(H,23,26). The number of benzene rings is 2. The molecule has 2 heterocycles. The van der Waals surface area contributed by atoms with Crippen LogP contribution in [0, 0.1) is 0 Å². The molecule has 0 saturated heterocycles. The lowest BCUT2D eigenvalue weighted by Crippen LogP contribution is -2.35. The lowest BCUT2D eigenvalue weighted by atomic mass is 10.1. The average Bonchev–Trinajstić information content (AvgIpc) is 3.12. The number of amides is 2. The van der Waals surface area contributed by atoms with Crippen molar-refractivity contribution in [3.05, 3.63) is 59.6 Å². The van der Waals surface area contributed by atoms with E-state index >= 15 is 0 Å². The Morgan fingerprint density at radius 3 is 2.61 bits per heavy atom. The van der Waals surface area contributed by atoms with E-state index in [2.05, 4.69) is 15.7 Å². The van der Waals surface area contributed by atoms with E-state index in [0.717, 1.165) is 5.56 Å². The van der Waals surface area contributed by atoms with Crippen molar-refractivity contribution in [3.8, 4) is 17.0 Å². The molecule has 1 aliphatic rings. The highest BCUT2D eigenvalue weighted by atomic mass is 35.5. The molecule has 28 heavy (non-hydrogen) atoms. The molecule has 2 N–H and O–H groups in total. The van der Waals surface area contributed by atoms with E-state index in [-0.39, 0.29) is 18.2 Å². The molecule has 0 aliphatic carbocycles. The zero-order valence-electron chi connectivity index (χ0n) is 15.0. The first-order valence-corrected chi connectivity index (χ1v) is 9.01. The number of hydrogen-bond acceptors (Lipinski definition) is 4. The van der Waals surface area contributed by atoms with Crippen LogP contribution in [0.15, 0.2) is 54.6 Å². The van der Waals surface area contributed by atoms with Crippen molar-refractivity contribution >= 4 is 34.9 Å². The Hall–Kier alpha value is -3.32. The lowest BCUT2D eigenvalue weighted by Gasteiger charge is -2.23. The Morgan fingerprint density at radius 1 is 1.21 bits per heavy atom.